The molecular weight excluding hydrogens is 366 g/mol. The van der Waals surface area contributed by atoms with Gasteiger partial charge in [0.25, 0.3) is 0 Å². The van der Waals surface area contributed by atoms with E-state index in [1.54, 1.807) is 6.92 Å². The number of hydrogen-bond donors (Lipinski definition) is 1. The van der Waals surface area contributed by atoms with Crippen molar-refractivity contribution in [1.29, 1.82) is 0 Å². The first-order chi connectivity index (χ1) is 13.6. The molecule has 0 saturated carbocycles. The standard InChI is InChI=1S/C23H35N3O3/c1-6-22(4,5)24-21(28)15-25-11-9-23(10-12-25)16-26(18(3)27)14-19-13-17(2)7-8-20(19)29-23/h7-8,13H,6,9-12,14-16H2,1-5H3,(H,24,28). The van der Waals surface area contributed by atoms with Gasteiger partial charge in [0.05, 0.1) is 13.1 Å². The number of aryl methyl sites for hydroxylation is 1. The summed E-state index contributed by atoms with van der Waals surface area (Å²) in [4.78, 5) is 28.7. The first-order valence-corrected chi connectivity index (χ1v) is 10.7. The minimum Gasteiger partial charge on any atom is -0.485 e. The summed E-state index contributed by atoms with van der Waals surface area (Å²) in [6.07, 6.45) is 2.50. The second-order valence-electron chi connectivity index (χ2n) is 9.33. The van der Waals surface area contributed by atoms with E-state index < -0.39 is 0 Å². The van der Waals surface area contributed by atoms with Gasteiger partial charge >= 0.3 is 0 Å². The maximum Gasteiger partial charge on any atom is 0.234 e. The first kappa shape index (κ1) is 21.6. The minimum absolute atomic E-state index is 0.0702. The summed E-state index contributed by atoms with van der Waals surface area (Å²) < 4.78 is 6.55. The minimum atomic E-state index is -0.387. The lowest BCUT2D eigenvalue weighted by molar-refractivity contribution is -0.133. The third-order valence-corrected chi connectivity index (χ3v) is 6.32. The van der Waals surface area contributed by atoms with Gasteiger partial charge in [0.1, 0.15) is 11.4 Å². The van der Waals surface area contributed by atoms with Crippen LogP contribution in [0.5, 0.6) is 5.75 Å². The third-order valence-electron chi connectivity index (χ3n) is 6.32. The molecule has 6 heteroatoms. The number of carbonyl (C=O) groups excluding carboxylic acids is 2. The van der Waals surface area contributed by atoms with Gasteiger partial charge in [-0.05, 0) is 33.3 Å². The van der Waals surface area contributed by atoms with Gasteiger partial charge in [-0.25, -0.2) is 0 Å². The summed E-state index contributed by atoms with van der Waals surface area (Å²) >= 11 is 0. The molecule has 2 aliphatic heterocycles. The Balaban J connectivity index is 1.69. The average Bonchev–Trinajstić information content (AvgIpc) is 2.80. The summed E-state index contributed by atoms with van der Waals surface area (Å²) in [6, 6.07) is 6.20. The maximum atomic E-state index is 12.4. The smallest absolute Gasteiger partial charge is 0.234 e. The molecule has 1 aromatic rings. The van der Waals surface area contributed by atoms with E-state index in [1.165, 1.54) is 5.56 Å². The van der Waals surface area contributed by atoms with Gasteiger partial charge < -0.3 is 15.0 Å². The Hall–Kier alpha value is -2.08. The Bertz CT molecular complexity index is 767. The molecule has 1 aromatic carbocycles. The average molecular weight is 402 g/mol. The molecule has 1 spiro atoms. The molecule has 1 N–H and O–H groups in total. The van der Waals surface area contributed by atoms with Crippen molar-refractivity contribution in [3.05, 3.63) is 29.3 Å². The van der Waals surface area contributed by atoms with Gasteiger partial charge in [-0.15, -0.1) is 0 Å². The topological polar surface area (TPSA) is 61.9 Å². The van der Waals surface area contributed by atoms with Crippen molar-refractivity contribution < 1.29 is 14.3 Å². The number of piperidine rings is 1. The predicted molar refractivity (Wildman–Crippen MR) is 114 cm³/mol. The van der Waals surface area contributed by atoms with Gasteiger partial charge in [0, 0.05) is 50.5 Å². The third kappa shape index (κ3) is 5.30. The highest BCUT2D eigenvalue weighted by molar-refractivity contribution is 5.78. The molecule has 2 aliphatic rings. The number of nitrogens with zero attached hydrogens (tertiary/aromatic N) is 2. The van der Waals surface area contributed by atoms with Crippen LogP contribution in [0, 0.1) is 6.92 Å². The number of amides is 2. The number of hydrogen-bond acceptors (Lipinski definition) is 4. The molecule has 1 saturated heterocycles. The van der Waals surface area contributed by atoms with Crippen LogP contribution in [0.15, 0.2) is 18.2 Å². The van der Waals surface area contributed by atoms with Gasteiger partial charge in [-0.2, -0.15) is 0 Å². The number of carbonyl (C=O) groups is 2. The summed E-state index contributed by atoms with van der Waals surface area (Å²) in [5, 5.41) is 3.11. The molecule has 0 radical (unpaired) electrons. The van der Waals surface area contributed by atoms with Crippen LogP contribution in [0.4, 0.5) is 0 Å². The lowest BCUT2D eigenvalue weighted by Gasteiger charge is -2.42. The fraction of sp³-hybridized carbons (Fsp3) is 0.652. The molecule has 6 nitrogen and oxygen atoms in total. The number of fused-ring (bicyclic) bond motifs is 1. The van der Waals surface area contributed by atoms with Crippen LogP contribution in [-0.4, -0.2) is 58.9 Å². The zero-order valence-corrected chi connectivity index (χ0v) is 18.5. The van der Waals surface area contributed by atoms with Crippen molar-refractivity contribution in [2.24, 2.45) is 0 Å². The zero-order valence-electron chi connectivity index (χ0n) is 18.5. The van der Waals surface area contributed by atoms with E-state index >= 15 is 0 Å². The van der Waals surface area contributed by atoms with Crippen molar-refractivity contribution in [3.8, 4) is 5.75 Å². The fourth-order valence-corrected chi connectivity index (χ4v) is 4.12. The van der Waals surface area contributed by atoms with Crippen LogP contribution in [0.1, 0.15) is 58.1 Å². The summed E-state index contributed by atoms with van der Waals surface area (Å²) in [5.41, 5.74) is 1.67. The molecule has 2 amide bonds. The van der Waals surface area contributed by atoms with E-state index in [4.69, 9.17) is 4.74 Å². The highest BCUT2D eigenvalue weighted by Gasteiger charge is 2.41. The molecular formula is C23H35N3O3. The van der Waals surface area contributed by atoms with E-state index in [1.807, 2.05) is 24.8 Å². The quantitative estimate of drug-likeness (QED) is 0.843. The van der Waals surface area contributed by atoms with Crippen LogP contribution in [0.2, 0.25) is 0 Å². The van der Waals surface area contributed by atoms with Crippen molar-refractivity contribution in [2.45, 2.75) is 71.6 Å². The molecule has 2 heterocycles. The fourth-order valence-electron chi connectivity index (χ4n) is 4.12. The van der Waals surface area contributed by atoms with Gasteiger partial charge in [-0.1, -0.05) is 24.6 Å². The first-order valence-electron chi connectivity index (χ1n) is 10.7. The Kier molecular flexibility index (Phi) is 6.22. The number of ether oxygens (including phenoxy) is 1. The zero-order chi connectivity index (χ0) is 21.2. The Morgan fingerprint density at radius 3 is 2.55 bits per heavy atom. The van der Waals surface area contributed by atoms with E-state index in [9.17, 15) is 9.59 Å². The molecule has 0 atom stereocenters. The van der Waals surface area contributed by atoms with Crippen LogP contribution in [0.3, 0.4) is 0 Å². The number of likely N-dealkylation sites (tertiary alicyclic amines) is 1. The van der Waals surface area contributed by atoms with Gasteiger partial charge in [-0.3, -0.25) is 14.5 Å². The molecule has 0 unspecified atom stereocenters. The highest BCUT2D eigenvalue weighted by Crippen LogP contribution is 2.36. The van der Waals surface area contributed by atoms with Gasteiger partial charge in [0.2, 0.25) is 11.8 Å². The van der Waals surface area contributed by atoms with Crippen LogP contribution < -0.4 is 10.1 Å². The molecule has 0 aliphatic carbocycles. The molecule has 160 valence electrons. The van der Waals surface area contributed by atoms with Crippen LogP contribution in [-0.2, 0) is 16.1 Å². The normalized spacial score (nSPS) is 19.3. The molecule has 0 bridgehead atoms. The summed E-state index contributed by atoms with van der Waals surface area (Å²) in [6.45, 7) is 13.0. The van der Waals surface area contributed by atoms with E-state index in [-0.39, 0.29) is 23.0 Å². The highest BCUT2D eigenvalue weighted by atomic mass is 16.5. The monoisotopic (exact) mass is 401 g/mol. The largest absolute Gasteiger partial charge is 0.485 e. The SMILES string of the molecule is CCC(C)(C)NC(=O)CN1CCC2(CC1)CN(C(C)=O)Cc1cc(C)ccc1O2. The molecule has 29 heavy (non-hydrogen) atoms. The van der Waals surface area contributed by atoms with E-state index in [2.05, 4.69) is 36.2 Å². The summed E-state index contributed by atoms with van der Waals surface area (Å²) in [5.74, 6) is 1.03. The molecule has 3 rings (SSSR count). The lowest BCUT2D eigenvalue weighted by atomic mass is 9.90. The lowest BCUT2D eigenvalue weighted by Crippen LogP contribution is -2.55. The van der Waals surface area contributed by atoms with Crippen molar-refractivity contribution in [3.63, 3.8) is 0 Å². The van der Waals surface area contributed by atoms with Crippen molar-refractivity contribution in [2.75, 3.05) is 26.2 Å². The molecule has 1 fully saturated rings. The Labute approximate surface area is 174 Å². The second kappa shape index (κ2) is 8.34. The number of rotatable bonds is 4. The Morgan fingerprint density at radius 1 is 1.24 bits per heavy atom. The summed E-state index contributed by atoms with van der Waals surface area (Å²) in [7, 11) is 0. The molecule has 0 aromatic heterocycles. The number of benzene rings is 1. The van der Waals surface area contributed by atoms with Crippen molar-refractivity contribution in [1.82, 2.24) is 15.1 Å². The van der Waals surface area contributed by atoms with E-state index in [0.29, 0.717) is 19.6 Å². The number of nitrogens with one attached hydrogen (secondary N) is 1. The predicted octanol–water partition coefficient (Wildman–Crippen LogP) is 2.88. The van der Waals surface area contributed by atoms with Crippen LogP contribution >= 0.6 is 0 Å². The maximum absolute atomic E-state index is 12.4. The van der Waals surface area contributed by atoms with Gasteiger partial charge in [0.15, 0.2) is 0 Å². The Morgan fingerprint density at radius 2 is 1.93 bits per heavy atom. The van der Waals surface area contributed by atoms with E-state index in [0.717, 1.165) is 43.7 Å². The van der Waals surface area contributed by atoms with Crippen molar-refractivity contribution >= 4 is 11.8 Å². The second-order valence-corrected chi connectivity index (χ2v) is 9.33. The van der Waals surface area contributed by atoms with Crippen LogP contribution in [0.25, 0.3) is 0 Å².